The molecule has 6 nitrogen and oxygen atoms in total. The molecule has 6 heteroatoms. The van der Waals surface area contributed by atoms with Crippen LogP contribution in [-0.4, -0.2) is 37.2 Å². The van der Waals surface area contributed by atoms with E-state index in [1.54, 1.807) is 0 Å². The first-order valence-corrected chi connectivity index (χ1v) is 24.9. The summed E-state index contributed by atoms with van der Waals surface area (Å²) in [6, 6.07) is 0. The van der Waals surface area contributed by atoms with E-state index in [-0.39, 0.29) is 31.1 Å². The van der Waals surface area contributed by atoms with Crippen LogP contribution in [0.25, 0.3) is 0 Å². The van der Waals surface area contributed by atoms with Gasteiger partial charge in [-0.25, -0.2) is 0 Å². The van der Waals surface area contributed by atoms with Crippen LogP contribution in [-0.2, 0) is 28.6 Å². The Balaban J connectivity index is 4.26. The van der Waals surface area contributed by atoms with Crippen molar-refractivity contribution in [1.29, 1.82) is 0 Å². The number of carbonyl (C=O) groups excluding carboxylic acids is 3. The fourth-order valence-corrected chi connectivity index (χ4v) is 7.51. The lowest BCUT2D eigenvalue weighted by atomic mass is 10.0. The maximum Gasteiger partial charge on any atom is 0.306 e. The Kier molecular flexibility index (Phi) is 43.2. The Hall–Kier alpha value is -1.59. The number of esters is 3. The molecule has 0 spiro atoms. The highest BCUT2D eigenvalue weighted by Crippen LogP contribution is 2.17. The molecule has 56 heavy (non-hydrogen) atoms. The van der Waals surface area contributed by atoms with Crippen LogP contribution in [0.15, 0.2) is 0 Å². The maximum atomic E-state index is 12.7. The van der Waals surface area contributed by atoms with E-state index in [0.717, 1.165) is 63.7 Å². The van der Waals surface area contributed by atoms with Crippen LogP contribution in [0.2, 0.25) is 0 Å². The number of unbranched alkanes of at least 4 members (excludes halogenated alkanes) is 32. The van der Waals surface area contributed by atoms with Crippen LogP contribution in [0.1, 0.15) is 278 Å². The van der Waals surface area contributed by atoms with Crippen LogP contribution >= 0.6 is 0 Å². The fraction of sp³-hybridized carbons (Fsp3) is 0.940. The van der Waals surface area contributed by atoms with Gasteiger partial charge in [0.25, 0.3) is 0 Å². The van der Waals surface area contributed by atoms with E-state index in [4.69, 9.17) is 14.2 Å². The second-order valence-electron chi connectivity index (χ2n) is 17.6. The van der Waals surface area contributed by atoms with Gasteiger partial charge in [-0.2, -0.15) is 0 Å². The molecule has 0 rings (SSSR count). The predicted octanol–water partition coefficient (Wildman–Crippen LogP) is 15.9. The van der Waals surface area contributed by atoms with Crippen molar-refractivity contribution in [3.63, 3.8) is 0 Å². The number of hydrogen-bond acceptors (Lipinski definition) is 6. The number of carbonyl (C=O) groups is 3. The number of ether oxygens (including phenoxy) is 3. The van der Waals surface area contributed by atoms with E-state index >= 15 is 0 Å². The normalized spacial score (nSPS) is 11.9. The van der Waals surface area contributed by atoms with Crippen LogP contribution < -0.4 is 0 Å². The summed E-state index contributed by atoms with van der Waals surface area (Å²) in [6.45, 7) is 8.95. The second kappa shape index (κ2) is 44.5. The topological polar surface area (TPSA) is 78.9 Å². The van der Waals surface area contributed by atoms with Gasteiger partial charge in [0.2, 0.25) is 0 Å². The first-order valence-electron chi connectivity index (χ1n) is 24.9. The van der Waals surface area contributed by atoms with Crippen molar-refractivity contribution < 1.29 is 28.6 Å². The summed E-state index contributed by atoms with van der Waals surface area (Å²) in [5, 5.41) is 0. The van der Waals surface area contributed by atoms with Crippen LogP contribution in [0.4, 0.5) is 0 Å². The Morgan fingerprint density at radius 1 is 0.339 bits per heavy atom. The maximum absolute atomic E-state index is 12.7. The van der Waals surface area contributed by atoms with Gasteiger partial charge in [0, 0.05) is 19.3 Å². The minimum atomic E-state index is -0.760. The minimum Gasteiger partial charge on any atom is -0.462 e. The molecule has 0 saturated carbocycles. The quantitative estimate of drug-likeness (QED) is 0.0347. The zero-order valence-electron chi connectivity index (χ0n) is 38.1. The molecule has 0 aromatic carbocycles. The zero-order chi connectivity index (χ0) is 41.0. The first-order chi connectivity index (χ1) is 27.4. The monoisotopic (exact) mass is 793 g/mol. The zero-order valence-corrected chi connectivity index (χ0v) is 38.1. The Labute approximate surface area is 348 Å². The summed E-state index contributed by atoms with van der Waals surface area (Å²) in [5.41, 5.74) is 0. The third-order valence-corrected chi connectivity index (χ3v) is 11.3. The van der Waals surface area contributed by atoms with Crippen molar-refractivity contribution >= 4 is 17.9 Å². The van der Waals surface area contributed by atoms with Crippen molar-refractivity contribution in [2.24, 2.45) is 5.92 Å². The molecule has 0 bridgehead atoms. The van der Waals surface area contributed by atoms with Gasteiger partial charge in [-0.1, -0.05) is 240 Å². The van der Waals surface area contributed by atoms with Gasteiger partial charge in [0.15, 0.2) is 6.10 Å². The Morgan fingerprint density at radius 2 is 0.589 bits per heavy atom. The molecule has 332 valence electrons. The molecule has 0 heterocycles. The first kappa shape index (κ1) is 54.4. The fourth-order valence-electron chi connectivity index (χ4n) is 7.51. The van der Waals surface area contributed by atoms with E-state index in [2.05, 4.69) is 27.7 Å². The minimum absolute atomic E-state index is 0.0642. The van der Waals surface area contributed by atoms with Crippen LogP contribution in [0, 0.1) is 5.92 Å². The number of hydrogen-bond donors (Lipinski definition) is 0. The van der Waals surface area contributed by atoms with Crippen LogP contribution in [0.5, 0.6) is 0 Å². The molecule has 1 atom stereocenters. The summed E-state index contributed by atoms with van der Waals surface area (Å²) in [4.78, 5) is 37.8. The molecule has 0 unspecified atom stereocenters. The molecule has 0 fully saturated rings. The van der Waals surface area contributed by atoms with Crippen molar-refractivity contribution in [2.75, 3.05) is 13.2 Å². The van der Waals surface area contributed by atoms with Gasteiger partial charge in [0.05, 0.1) is 0 Å². The largest absolute Gasteiger partial charge is 0.462 e. The van der Waals surface area contributed by atoms with Gasteiger partial charge in [0.1, 0.15) is 13.2 Å². The highest BCUT2D eigenvalue weighted by Gasteiger charge is 2.19. The van der Waals surface area contributed by atoms with E-state index < -0.39 is 6.10 Å². The van der Waals surface area contributed by atoms with Crippen molar-refractivity contribution in [3.8, 4) is 0 Å². The second-order valence-corrected chi connectivity index (χ2v) is 17.6. The van der Waals surface area contributed by atoms with Crippen molar-refractivity contribution in [2.45, 2.75) is 284 Å². The molecule has 0 aliphatic carbocycles. The van der Waals surface area contributed by atoms with Gasteiger partial charge in [-0.15, -0.1) is 0 Å². The lowest BCUT2D eigenvalue weighted by molar-refractivity contribution is -0.167. The Morgan fingerprint density at radius 3 is 0.875 bits per heavy atom. The third kappa shape index (κ3) is 43.5. The number of rotatable bonds is 45. The van der Waals surface area contributed by atoms with Gasteiger partial charge in [-0.05, 0) is 25.2 Å². The molecule has 0 amide bonds. The Bertz CT molecular complexity index is 841. The molecule has 0 radical (unpaired) electrons. The van der Waals surface area contributed by atoms with Crippen molar-refractivity contribution in [1.82, 2.24) is 0 Å². The molecular weight excluding hydrogens is 697 g/mol. The molecule has 0 N–H and O–H groups in total. The lowest BCUT2D eigenvalue weighted by Crippen LogP contribution is -2.30. The molecule has 0 aliphatic rings. The summed E-state index contributed by atoms with van der Waals surface area (Å²) < 4.78 is 16.8. The van der Waals surface area contributed by atoms with E-state index in [1.165, 1.54) is 173 Å². The molecule has 0 aromatic heterocycles. The molecular formula is C50H96O6. The van der Waals surface area contributed by atoms with Gasteiger partial charge in [-0.3, -0.25) is 14.4 Å². The molecule has 0 aromatic rings. The highest BCUT2D eigenvalue weighted by molar-refractivity contribution is 5.71. The van der Waals surface area contributed by atoms with Gasteiger partial charge < -0.3 is 14.2 Å². The molecule has 0 saturated heterocycles. The van der Waals surface area contributed by atoms with Gasteiger partial charge >= 0.3 is 17.9 Å². The average molecular weight is 793 g/mol. The highest BCUT2D eigenvalue weighted by atomic mass is 16.6. The third-order valence-electron chi connectivity index (χ3n) is 11.3. The van der Waals surface area contributed by atoms with Crippen molar-refractivity contribution in [3.05, 3.63) is 0 Å². The SMILES string of the molecule is CCCCCCCCCCCCCCCCCC(=O)OC[C@@H](COC(=O)CCCCCCCCCCCCCCCC)OC(=O)CCCCCCCCC(C)C. The summed E-state index contributed by atoms with van der Waals surface area (Å²) in [6.07, 6.45) is 45.3. The average Bonchev–Trinajstić information content (AvgIpc) is 3.18. The van der Waals surface area contributed by atoms with E-state index in [0.29, 0.717) is 19.3 Å². The smallest absolute Gasteiger partial charge is 0.306 e. The molecule has 0 aliphatic heterocycles. The van der Waals surface area contributed by atoms with Crippen LogP contribution in [0.3, 0.4) is 0 Å². The summed E-state index contributed by atoms with van der Waals surface area (Å²) in [5.74, 6) is -0.0935. The standard InChI is InChI=1S/C50H96O6/c1-5-7-9-11-13-15-17-19-21-23-25-27-29-34-38-42-49(52)55-45-47(56-50(53)43-39-35-31-30-32-36-40-46(3)4)44-54-48(51)41-37-33-28-26-24-22-20-18-16-14-12-10-8-6-2/h46-47H,5-45H2,1-4H3/t47-/m1/s1. The predicted molar refractivity (Wildman–Crippen MR) is 238 cm³/mol. The lowest BCUT2D eigenvalue weighted by Gasteiger charge is -2.18. The summed E-state index contributed by atoms with van der Waals surface area (Å²) in [7, 11) is 0. The van der Waals surface area contributed by atoms with E-state index in [1.807, 2.05) is 0 Å². The van der Waals surface area contributed by atoms with E-state index in [9.17, 15) is 14.4 Å². The summed E-state index contributed by atoms with van der Waals surface area (Å²) >= 11 is 0.